The second-order valence-electron chi connectivity index (χ2n) is 4.03. The number of nitrogens with zero attached hydrogens (tertiary/aromatic N) is 2. The normalized spacial score (nSPS) is 11.0. The highest BCUT2D eigenvalue weighted by atomic mass is 32.1. The van der Waals surface area contributed by atoms with Gasteiger partial charge in [-0.15, -0.1) is 0 Å². The molecule has 7 heteroatoms. The molecule has 3 aromatic heterocycles. The number of hydrogen-bond acceptors (Lipinski definition) is 7. The third kappa shape index (κ3) is 3.65. The van der Waals surface area contributed by atoms with Crippen LogP contribution in [0.25, 0.3) is 17.5 Å². The summed E-state index contributed by atoms with van der Waals surface area (Å²) in [6.07, 6.45) is 3.08. The minimum absolute atomic E-state index is 0.0134. The summed E-state index contributed by atoms with van der Waals surface area (Å²) in [7, 11) is 0. The quantitative estimate of drug-likeness (QED) is 0.531. The summed E-state index contributed by atoms with van der Waals surface area (Å²) in [6.45, 7) is -0.0134. The molecule has 0 saturated carbocycles. The van der Waals surface area contributed by atoms with Gasteiger partial charge in [-0.1, -0.05) is 5.16 Å². The van der Waals surface area contributed by atoms with E-state index in [1.54, 1.807) is 28.7 Å². The van der Waals surface area contributed by atoms with E-state index >= 15 is 0 Å². The molecule has 5 nitrogen and oxygen atoms in total. The molecule has 0 saturated heterocycles. The van der Waals surface area contributed by atoms with Crippen LogP contribution in [0.4, 0.5) is 0 Å². The van der Waals surface area contributed by atoms with Crippen LogP contribution in [0.5, 0.6) is 0 Å². The molecule has 21 heavy (non-hydrogen) atoms. The molecular weight excluding hydrogens is 308 g/mol. The number of carbonyl (C=O) groups excluding carboxylic acids is 1. The van der Waals surface area contributed by atoms with Gasteiger partial charge in [0.2, 0.25) is 5.82 Å². The van der Waals surface area contributed by atoms with E-state index < -0.39 is 5.97 Å². The standard InChI is InChI=1S/C14H10N2O3S2/c17-13(2-1-10-3-5-20-8-10)18-7-12-15-14(19-16-12)11-4-6-21-9-11/h1-6,8-9H,7H2/b2-1+. The van der Waals surface area contributed by atoms with Gasteiger partial charge in [0.1, 0.15) is 0 Å². The average molecular weight is 318 g/mol. The molecule has 3 aromatic rings. The van der Waals surface area contributed by atoms with Crippen LogP contribution < -0.4 is 0 Å². The third-order valence-corrected chi connectivity index (χ3v) is 3.92. The molecule has 0 atom stereocenters. The predicted molar refractivity (Wildman–Crippen MR) is 80.8 cm³/mol. The molecule has 0 unspecified atom stereocenters. The van der Waals surface area contributed by atoms with Crippen LogP contribution in [-0.4, -0.2) is 16.1 Å². The minimum Gasteiger partial charge on any atom is -0.454 e. The molecule has 0 N–H and O–H groups in total. The summed E-state index contributed by atoms with van der Waals surface area (Å²) in [6, 6.07) is 3.80. The topological polar surface area (TPSA) is 65.2 Å². The lowest BCUT2D eigenvalue weighted by Crippen LogP contribution is -2.01. The van der Waals surface area contributed by atoms with Gasteiger partial charge < -0.3 is 9.26 Å². The van der Waals surface area contributed by atoms with Gasteiger partial charge in [-0.2, -0.15) is 27.7 Å². The maximum Gasteiger partial charge on any atom is 0.331 e. The summed E-state index contributed by atoms with van der Waals surface area (Å²) in [4.78, 5) is 15.7. The molecule has 0 aliphatic carbocycles. The Morgan fingerprint density at radius 3 is 2.90 bits per heavy atom. The van der Waals surface area contributed by atoms with E-state index in [1.165, 1.54) is 6.08 Å². The van der Waals surface area contributed by atoms with Crippen molar-refractivity contribution in [3.8, 4) is 11.5 Å². The molecule has 3 heterocycles. The maximum absolute atomic E-state index is 11.6. The average Bonchev–Trinajstić information content (AvgIpc) is 3.24. The van der Waals surface area contributed by atoms with Gasteiger partial charge in [0, 0.05) is 11.5 Å². The largest absolute Gasteiger partial charge is 0.454 e. The first-order chi connectivity index (χ1) is 10.3. The highest BCUT2D eigenvalue weighted by Gasteiger charge is 2.10. The van der Waals surface area contributed by atoms with Gasteiger partial charge >= 0.3 is 5.97 Å². The lowest BCUT2D eigenvalue weighted by Gasteiger charge is -1.95. The molecule has 0 bridgehead atoms. The molecule has 106 valence electrons. The molecule has 0 aliphatic rings. The number of carbonyl (C=O) groups is 1. The third-order valence-electron chi connectivity index (χ3n) is 2.53. The number of hydrogen-bond donors (Lipinski definition) is 0. The van der Waals surface area contributed by atoms with E-state index in [9.17, 15) is 4.79 Å². The van der Waals surface area contributed by atoms with Crippen molar-refractivity contribution < 1.29 is 14.1 Å². The number of rotatable bonds is 5. The van der Waals surface area contributed by atoms with Crippen molar-refractivity contribution in [1.82, 2.24) is 10.1 Å². The van der Waals surface area contributed by atoms with Gasteiger partial charge in [-0.3, -0.25) is 0 Å². The lowest BCUT2D eigenvalue weighted by atomic mass is 10.3. The zero-order valence-electron chi connectivity index (χ0n) is 10.8. The van der Waals surface area contributed by atoms with E-state index in [2.05, 4.69) is 10.1 Å². The highest BCUT2D eigenvalue weighted by molar-refractivity contribution is 7.08. The van der Waals surface area contributed by atoms with Crippen LogP contribution in [0.3, 0.4) is 0 Å². The fourth-order valence-electron chi connectivity index (χ4n) is 1.53. The molecule has 0 spiro atoms. The van der Waals surface area contributed by atoms with Gasteiger partial charge in [0.25, 0.3) is 5.89 Å². The van der Waals surface area contributed by atoms with Gasteiger partial charge in [-0.25, -0.2) is 4.79 Å². The summed E-state index contributed by atoms with van der Waals surface area (Å²) in [5, 5.41) is 11.5. The van der Waals surface area contributed by atoms with Gasteiger partial charge in [0.15, 0.2) is 6.61 Å². The Labute approximate surface area is 128 Å². The van der Waals surface area contributed by atoms with Crippen LogP contribution in [0, 0.1) is 0 Å². The summed E-state index contributed by atoms with van der Waals surface area (Å²) >= 11 is 3.11. The van der Waals surface area contributed by atoms with Crippen molar-refractivity contribution in [2.45, 2.75) is 6.61 Å². The van der Waals surface area contributed by atoms with Crippen molar-refractivity contribution in [3.05, 3.63) is 51.1 Å². The molecule has 3 rings (SSSR count). The Morgan fingerprint density at radius 2 is 2.14 bits per heavy atom. The highest BCUT2D eigenvalue weighted by Crippen LogP contribution is 2.19. The van der Waals surface area contributed by atoms with Crippen LogP contribution in [0.2, 0.25) is 0 Å². The fourth-order valence-corrected chi connectivity index (χ4v) is 2.79. The fraction of sp³-hybridized carbons (Fsp3) is 0.0714. The number of ether oxygens (including phenoxy) is 1. The first kappa shape index (κ1) is 13.7. The molecular formula is C14H10N2O3S2. The van der Waals surface area contributed by atoms with Crippen molar-refractivity contribution in [1.29, 1.82) is 0 Å². The van der Waals surface area contributed by atoms with Crippen molar-refractivity contribution in [2.24, 2.45) is 0 Å². The second-order valence-corrected chi connectivity index (χ2v) is 5.59. The van der Waals surface area contributed by atoms with Crippen LogP contribution in [0.1, 0.15) is 11.4 Å². The maximum atomic E-state index is 11.6. The number of aromatic nitrogens is 2. The number of thiophene rings is 2. The number of esters is 1. The Kier molecular flexibility index (Phi) is 4.23. The zero-order chi connectivity index (χ0) is 14.5. The zero-order valence-corrected chi connectivity index (χ0v) is 12.4. The van der Waals surface area contributed by atoms with E-state index in [1.807, 2.05) is 33.7 Å². The first-order valence-corrected chi connectivity index (χ1v) is 7.92. The summed E-state index contributed by atoms with van der Waals surface area (Å²) < 4.78 is 10.2. The van der Waals surface area contributed by atoms with E-state index in [4.69, 9.17) is 9.26 Å². The molecule has 0 fully saturated rings. The van der Waals surface area contributed by atoms with E-state index in [-0.39, 0.29) is 6.61 Å². The van der Waals surface area contributed by atoms with Crippen molar-refractivity contribution >= 4 is 34.7 Å². The molecule has 0 aromatic carbocycles. The smallest absolute Gasteiger partial charge is 0.331 e. The summed E-state index contributed by atoms with van der Waals surface area (Å²) in [5.41, 5.74) is 1.83. The van der Waals surface area contributed by atoms with E-state index in [0.29, 0.717) is 11.7 Å². The Balaban J connectivity index is 1.54. The Morgan fingerprint density at radius 1 is 1.29 bits per heavy atom. The van der Waals surface area contributed by atoms with Crippen LogP contribution >= 0.6 is 22.7 Å². The van der Waals surface area contributed by atoms with E-state index in [0.717, 1.165) is 11.1 Å². The SMILES string of the molecule is O=C(/C=C/c1ccsc1)OCc1noc(-c2ccsc2)n1. The first-order valence-electron chi connectivity index (χ1n) is 6.03. The second kappa shape index (κ2) is 6.47. The monoisotopic (exact) mass is 318 g/mol. The van der Waals surface area contributed by atoms with Gasteiger partial charge in [-0.05, 0) is 39.9 Å². The Hall–Kier alpha value is -2.25. The molecule has 0 radical (unpaired) electrons. The Bertz CT molecular complexity index is 730. The molecule has 0 amide bonds. The van der Waals surface area contributed by atoms with Crippen molar-refractivity contribution in [3.63, 3.8) is 0 Å². The lowest BCUT2D eigenvalue weighted by molar-refractivity contribution is -0.139. The predicted octanol–water partition coefficient (Wildman–Crippen LogP) is 3.62. The van der Waals surface area contributed by atoms with Gasteiger partial charge in [0.05, 0.1) is 5.56 Å². The van der Waals surface area contributed by atoms with Crippen molar-refractivity contribution in [2.75, 3.05) is 0 Å². The van der Waals surface area contributed by atoms with Crippen LogP contribution in [-0.2, 0) is 16.1 Å². The summed E-state index contributed by atoms with van der Waals surface area (Å²) in [5.74, 6) is 0.327. The van der Waals surface area contributed by atoms with Crippen LogP contribution in [0.15, 0.2) is 44.3 Å². The molecule has 0 aliphatic heterocycles. The minimum atomic E-state index is -0.442.